The van der Waals surface area contributed by atoms with E-state index in [1.54, 1.807) is 6.07 Å². The van der Waals surface area contributed by atoms with Crippen LogP contribution in [0.25, 0.3) is 0 Å². The Balaban J connectivity index is 1.59. The molecule has 4 rings (SSSR count). The first-order valence-corrected chi connectivity index (χ1v) is 10.1. The molecule has 2 aromatic carbocycles. The summed E-state index contributed by atoms with van der Waals surface area (Å²) in [5.74, 6) is -1.65. The van der Waals surface area contributed by atoms with Gasteiger partial charge in [0.15, 0.2) is 0 Å². The predicted octanol–water partition coefficient (Wildman–Crippen LogP) is 4.88. The Morgan fingerprint density at radius 1 is 1.00 bits per heavy atom. The maximum atomic E-state index is 13.2. The zero-order valence-corrected chi connectivity index (χ0v) is 16.8. The predicted molar refractivity (Wildman–Crippen MR) is 108 cm³/mol. The van der Waals surface area contributed by atoms with Crippen molar-refractivity contribution in [3.05, 3.63) is 59.7 Å². The number of amides is 3. The average molecular weight is 430 g/mol. The second-order valence-electron chi connectivity index (χ2n) is 8.19. The Morgan fingerprint density at radius 2 is 1.71 bits per heavy atom. The average Bonchev–Trinajstić information content (AvgIpc) is 2.97. The van der Waals surface area contributed by atoms with Gasteiger partial charge in [0, 0.05) is 5.56 Å². The van der Waals surface area contributed by atoms with Gasteiger partial charge >= 0.3 is 6.18 Å². The second kappa shape index (κ2) is 7.83. The molecule has 3 atom stereocenters. The summed E-state index contributed by atoms with van der Waals surface area (Å²) in [5, 5.41) is 2.28. The molecular weight excluding hydrogens is 409 g/mol. The van der Waals surface area contributed by atoms with Gasteiger partial charge in [-0.3, -0.25) is 19.3 Å². The summed E-state index contributed by atoms with van der Waals surface area (Å²) in [6.45, 7) is 2.06. The summed E-state index contributed by atoms with van der Waals surface area (Å²) < 4.78 is 39.6. The zero-order valence-electron chi connectivity index (χ0n) is 16.8. The molecule has 0 radical (unpaired) electrons. The molecule has 0 bridgehead atoms. The minimum atomic E-state index is -4.62. The van der Waals surface area contributed by atoms with Gasteiger partial charge in [-0.25, -0.2) is 0 Å². The van der Waals surface area contributed by atoms with Crippen molar-refractivity contribution in [1.29, 1.82) is 0 Å². The zero-order chi connectivity index (χ0) is 22.3. The Kier molecular flexibility index (Phi) is 5.33. The Bertz CT molecular complexity index is 1050. The lowest BCUT2D eigenvalue weighted by atomic mass is 9.76. The molecule has 1 N–H and O–H groups in total. The summed E-state index contributed by atoms with van der Waals surface area (Å²) in [6.07, 6.45) is -2.43. The highest BCUT2D eigenvalue weighted by Crippen LogP contribution is 2.42. The molecule has 162 valence electrons. The van der Waals surface area contributed by atoms with E-state index >= 15 is 0 Å². The molecule has 0 aromatic heterocycles. The van der Waals surface area contributed by atoms with Gasteiger partial charge in [-0.05, 0) is 55.5 Å². The molecule has 1 heterocycles. The number of fused-ring (bicyclic) bond motifs is 1. The van der Waals surface area contributed by atoms with E-state index in [9.17, 15) is 27.6 Å². The highest BCUT2D eigenvalue weighted by atomic mass is 19.4. The Hall–Kier alpha value is -3.16. The second-order valence-corrected chi connectivity index (χ2v) is 8.19. The van der Waals surface area contributed by atoms with E-state index in [-0.39, 0.29) is 40.6 Å². The molecule has 3 amide bonds. The van der Waals surface area contributed by atoms with Crippen LogP contribution in [0.4, 0.5) is 24.5 Å². The maximum Gasteiger partial charge on any atom is 0.418 e. The van der Waals surface area contributed by atoms with Crippen LogP contribution < -0.4 is 10.2 Å². The first-order chi connectivity index (χ1) is 14.7. The molecule has 2 aliphatic rings. The van der Waals surface area contributed by atoms with Gasteiger partial charge in [-0.2, -0.15) is 13.2 Å². The van der Waals surface area contributed by atoms with Crippen molar-refractivity contribution in [2.45, 2.75) is 32.4 Å². The van der Waals surface area contributed by atoms with E-state index < -0.39 is 17.6 Å². The smallest absolute Gasteiger partial charge is 0.321 e. The van der Waals surface area contributed by atoms with Crippen LogP contribution in [-0.2, 0) is 15.8 Å². The van der Waals surface area contributed by atoms with Crippen LogP contribution in [0, 0.1) is 17.8 Å². The number of rotatable bonds is 3. The fraction of sp³-hybridized carbons (Fsp3) is 0.348. The number of benzene rings is 2. The molecule has 0 unspecified atom stereocenters. The third-order valence-electron chi connectivity index (χ3n) is 6.03. The van der Waals surface area contributed by atoms with E-state index in [1.807, 2.05) is 0 Å². The van der Waals surface area contributed by atoms with Crippen LogP contribution in [0.3, 0.4) is 0 Å². The molecular formula is C23H21F3N2O3. The molecule has 5 nitrogen and oxygen atoms in total. The summed E-state index contributed by atoms with van der Waals surface area (Å²) in [6, 6.07) is 10.5. The van der Waals surface area contributed by atoms with E-state index in [0.29, 0.717) is 18.8 Å². The number of imide groups is 1. The van der Waals surface area contributed by atoms with Crippen molar-refractivity contribution in [1.82, 2.24) is 0 Å². The lowest BCUT2D eigenvalue weighted by molar-refractivity contribution is -0.137. The number of halogens is 3. The topological polar surface area (TPSA) is 66.5 Å². The third kappa shape index (κ3) is 3.94. The number of carbonyl (C=O) groups excluding carboxylic acids is 3. The molecule has 0 spiro atoms. The summed E-state index contributed by atoms with van der Waals surface area (Å²) in [5.41, 5.74) is -1.01. The molecule has 1 saturated heterocycles. The van der Waals surface area contributed by atoms with Crippen LogP contribution >= 0.6 is 0 Å². The number of nitrogens with zero attached hydrogens (tertiary/aromatic N) is 1. The first-order valence-electron chi connectivity index (χ1n) is 10.1. The fourth-order valence-electron chi connectivity index (χ4n) is 4.46. The number of hydrogen-bond acceptors (Lipinski definition) is 3. The summed E-state index contributed by atoms with van der Waals surface area (Å²) in [7, 11) is 0. The van der Waals surface area contributed by atoms with Crippen molar-refractivity contribution in [2.24, 2.45) is 17.8 Å². The minimum absolute atomic E-state index is 0.0540. The van der Waals surface area contributed by atoms with Crippen molar-refractivity contribution in [2.75, 3.05) is 10.2 Å². The normalized spacial score (nSPS) is 23.6. The number of hydrogen-bond donors (Lipinski definition) is 1. The lowest BCUT2D eigenvalue weighted by Gasteiger charge is -2.25. The van der Waals surface area contributed by atoms with E-state index in [4.69, 9.17) is 0 Å². The minimum Gasteiger partial charge on any atom is -0.321 e. The SMILES string of the molecule is C[C@@H]1CC[C@H]2C(=O)N(c3cccc(C(=O)Nc4ccccc4C(F)(F)F)c3)C(=O)[C@@H]2C1. The highest BCUT2D eigenvalue weighted by molar-refractivity contribution is 6.22. The molecule has 1 saturated carbocycles. The van der Waals surface area contributed by atoms with E-state index in [2.05, 4.69) is 12.2 Å². The monoisotopic (exact) mass is 430 g/mol. The Labute approximate surface area is 177 Å². The fourth-order valence-corrected chi connectivity index (χ4v) is 4.46. The quantitative estimate of drug-likeness (QED) is 0.706. The number of nitrogens with one attached hydrogen (secondary N) is 1. The van der Waals surface area contributed by atoms with E-state index in [1.165, 1.54) is 36.4 Å². The largest absolute Gasteiger partial charge is 0.418 e. The Morgan fingerprint density at radius 3 is 2.45 bits per heavy atom. The van der Waals surface area contributed by atoms with Crippen LogP contribution in [0.5, 0.6) is 0 Å². The first kappa shape index (κ1) is 21.1. The number of alkyl halides is 3. The molecule has 1 aliphatic carbocycles. The van der Waals surface area contributed by atoms with Crippen molar-refractivity contribution in [3.8, 4) is 0 Å². The molecule has 8 heteroatoms. The van der Waals surface area contributed by atoms with E-state index in [0.717, 1.165) is 17.4 Å². The molecule has 1 aliphatic heterocycles. The van der Waals surface area contributed by atoms with Gasteiger partial charge in [0.1, 0.15) is 0 Å². The lowest BCUT2D eigenvalue weighted by Crippen LogP contribution is -2.31. The van der Waals surface area contributed by atoms with Crippen LogP contribution in [-0.4, -0.2) is 17.7 Å². The molecule has 31 heavy (non-hydrogen) atoms. The van der Waals surface area contributed by atoms with Gasteiger partial charge in [0.05, 0.1) is 28.8 Å². The molecule has 2 fully saturated rings. The van der Waals surface area contributed by atoms with Crippen molar-refractivity contribution in [3.63, 3.8) is 0 Å². The standard InChI is InChI=1S/C23H21F3N2O3/c1-13-9-10-16-17(11-13)22(31)28(21(16)30)15-6-4-5-14(12-15)20(29)27-19-8-3-2-7-18(19)23(24,25)26/h2-8,12-13,16-17H,9-11H2,1H3,(H,27,29)/t13-,16-,17-/m1/s1. The van der Waals surface area contributed by atoms with Gasteiger partial charge in [-0.15, -0.1) is 0 Å². The van der Waals surface area contributed by atoms with Crippen LogP contribution in [0.1, 0.15) is 42.1 Å². The highest BCUT2D eigenvalue weighted by Gasteiger charge is 2.50. The van der Waals surface area contributed by atoms with Crippen molar-refractivity contribution >= 4 is 29.1 Å². The van der Waals surface area contributed by atoms with Crippen LogP contribution in [0.2, 0.25) is 0 Å². The van der Waals surface area contributed by atoms with Gasteiger partial charge in [0.25, 0.3) is 5.91 Å². The molecule has 2 aromatic rings. The van der Waals surface area contributed by atoms with Gasteiger partial charge < -0.3 is 5.32 Å². The summed E-state index contributed by atoms with van der Waals surface area (Å²) >= 11 is 0. The third-order valence-corrected chi connectivity index (χ3v) is 6.03. The number of anilines is 2. The van der Waals surface area contributed by atoms with Crippen LogP contribution in [0.15, 0.2) is 48.5 Å². The van der Waals surface area contributed by atoms with Gasteiger partial charge in [-0.1, -0.05) is 25.1 Å². The number of carbonyl (C=O) groups is 3. The van der Waals surface area contributed by atoms with Gasteiger partial charge in [0.2, 0.25) is 11.8 Å². The van der Waals surface area contributed by atoms with Crippen molar-refractivity contribution < 1.29 is 27.6 Å². The maximum absolute atomic E-state index is 13.2. The number of para-hydroxylation sites is 1. The summed E-state index contributed by atoms with van der Waals surface area (Å²) in [4.78, 5) is 39.5.